The maximum absolute atomic E-state index is 11.5. The Bertz CT molecular complexity index is 749. The predicted octanol–water partition coefficient (Wildman–Crippen LogP) is 3.64. The maximum Gasteiger partial charge on any atom is 0.357 e. The van der Waals surface area contributed by atoms with Crippen molar-refractivity contribution in [3.8, 4) is 0 Å². The van der Waals surface area contributed by atoms with Crippen LogP contribution in [0.25, 0.3) is 0 Å². The summed E-state index contributed by atoms with van der Waals surface area (Å²) in [5.41, 5.74) is 0.935. The summed E-state index contributed by atoms with van der Waals surface area (Å²) in [6, 6.07) is 0. The zero-order chi connectivity index (χ0) is 15.0. The Morgan fingerprint density at radius 3 is 2.50 bits per heavy atom. The highest BCUT2D eigenvalue weighted by atomic mass is 79.9. The first kappa shape index (κ1) is 16.0. The number of hydrogen-bond donors (Lipinski definition) is 2. The summed E-state index contributed by atoms with van der Waals surface area (Å²) in [6.45, 7) is 0. The predicted molar refractivity (Wildman–Crippen MR) is 83.6 cm³/mol. The second kappa shape index (κ2) is 6.16. The number of carbonyl (C=O) groups is 1. The molecule has 0 spiro atoms. The fourth-order valence-electron chi connectivity index (χ4n) is 1.32. The molecule has 0 aliphatic carbocycles. The number of halogens is 3. The molecule has 0 fully saturated rings. The van der Waals surface area contributed by atoms with E-state index in [2.05, 4.69) is 20.9 Å². The fraction of sp³-hybridized carbons (Fsp3) is 0. The summed E-state index contributed by atoms with van der Waals surface area (Å²) in [4.78, 5) is 14.7. The number of thiophene rings is 1. The average molecular weight is 438 g/mol. The number of aromatic nitrogens is 1. The van der Waals surface area contributed by atoms with Crippen LogP contribution in [0.2, 0.25) is 8.67 Å². The van der Waals surface area contributed by atoms with Crippen molar-refractivity contribution in [3.63, 3.8) is 0 Å². The monoisotopic (exact) mass is 436 g/mol. The second-order valence-electron chi connectivity index (χ2n) is 3.17. The first-order valence-electron chi connectivity index (χ1n) is 4.59. The highest BCUT2D eigenvalue weighted by molar-refractivity contribution is 9.10. The lowest BCUT2D eigenvalue weighted by atomic mass is 10.4. The summed E-state index contributed by atoms with van der Waals surface area (Å²) in [5, 5.41) is 8.96. The number of nitrogens with zero attached hydrogens (tertiary/aromatic N) is 2. The van der Waals surface area contributed by atoms with Gasteiger partial charge in [-0.3, -0.25) is 0 Å². The minimum absolute atomic E-state index is 0.0642. The van der Waals surface area contributed by atoms with E-state index in [4.69, 9.17) is 28.3 Å². The van der Waals surface area contributed by atoms with Crippen molar-refractivity contribution in [2.24, 2.45) is 0 Å². The van der Waals surface area contributed by atoms with Crippen LogP contribution in [0.1, 0.15) is 10.5 Å². The van der Waals surface area contributed by atoms with Gasteiger partial charge in [-0.2, -0.15) is 0 Å². The van der Waals surface area contributed by atoms with E-state index in [1.807, 2.05) is 0 Å². The van der Waals surface area contributed by atoms with Crippen molar-refractivity contribution < 1.29 is 18.3 Å². The molecular weight excluding hydrogens is 435 g/mol. The lowest BCUT2D eigenvalue weighted by Crippen LogP contribution is -2.16. The van der Waals surface area contributed by atoms with Crippen LogP contribution < -0.4 is 4.31 Å². The summed E-state index contributed by atoms with van der Waals surface area (Å²) >= 11 is 16.8. The second-order valence-corrected chi connectivity index (χ2v) is 7.90. The molecule has 108 valence electrons. The van der Waals surface area contributed by atoms with Crippen LogP contribution in [0.3, 0.4) is 0 Å². The average Bonchev–Trinajstić information content (AvgIpc) is 2.90. The number of thiazole rings is 1. The molecular formula is C8H3BrCl2N2O4S3. The zero-order valence-electron chi connectivity index (χ0n) is 9.04. The molecule has 0 bridgehead atoms. The minimum atomic E-state index is -3.18. The molecule has 2 aromatic heterocycles. The SMILES string of the molecule is O=C(O)c1ncsc1N(c1c(Cl)sc(Cl)c1Br)[SH](=O)=O. The van der Waals surface area contributed by atoms with Crippen molar-refractivity contribution in [2.75, 3.05) is 4.31 Å². The van der Waals surface area contributed by atoms with Gasteiger partial charge in [-0.25, -0.2) is 22.5 Å². The van der Waals surface area contributed by atoms with E-state index in [1.165, 1.54) is 5.51 Å². The standard InChI is InChI=1S/C8H3BrCl2N2O4S3/c9-2-4(6(11)19-5(2)10)13(20(16)17)7-3(8(14)15)12-1-18-7/h1,20H,(H,14,15). The minimum Gasteiger partial charge on any atom is -0.476 e. The van der Waals surface area contributed by atoms with Gasteiger partial charge < -0.3 is 5.11 Å². The Morgan fingerprint density at radius 1 is 1.40 bits per heavy atom. The van der Waals surface area contributed by atoms with Gasteiger partial charge in [0, 0.05) is 0 Å². The van der Waals surface area contributed by atoms with Gasteiger partial charge in [-0.1, -0.05) is 23.2 Å². The molecule has 0 amide bonds. The third-order valence-corrected chi connectivity index (χ3v) is 6.59. The molecule has 0 saturated heterocycles. The number of hydrogen-bond acceptors (Lipinski definition) is 6. The van der Waals surface area contributed by atoms with E-state index < -0.39 is 16.9 Å². The molecule has 12 heteroatoms. The van der Waals surface area contributed by atoms with Crippen LogP contribution in [-0.2, 0) is 10.9 Å². The van der Waals surface area contributed by atoms with Crippen molar-refractivity contribution in [1.82, 2.24) is 4.98 Å². The number of aromatic carboxylic acids is 1. The Kier molecular flexibility index (Phi) is 4.92. The molecule has 0 aliphatic heterocycles. The molecule has 2 rings (SSSR count). The van der Waals surface area contributed by atoms with Gasteiger partial charge in [0.15, 0.2) is 5.69 Å². The molecule has 2 heterocycles. The largest absolute Gasteiger partial charge is 0.476 e. The van der Waals surface area contributed by atoms with Gasteiger partial charge in [0.05, 0.1) is 9.98 Å². The lowest BCUT2D eigenvalue weighted by molar-refractivity contribution is 0.0692. The number of thiol groups is 1. The fourth-order valence-corrected chi connectivity index (χ4v) is 5.58. The Labute approximate surface area is 140 Å². The van der Waals surface area contributed by atoms with Crippen LogP contribution in [0, 0.1) is 0 Å². The molecule has 6 nitrogen and oxygen atoms in total. The van der Waals surface area contributed by atoms with E-state index in [1.54, 1.807) is 0 Å². The van der Waals surface area contributed by atoms with E-state index in [-0.39, 0.29) is 29.5 Å². The smallest absolute Gasteiger partial charge is 0.357 e. The van der Waals surface area contributed by atoms with Gasteiger partial charge in [-0.15, -0.1) is 22.7 Å². The van der Waals surface area contributed by atoms with Crippen LogP contribution in [-0.4, -0.2) is 24.5 Å². The molecule has 0 radical (unpaired) electrons. The number of carboxylic acids is 1. The number of anilines is 2. The zero-order valence-corrected chi connectivity index (χ0v) is 14.7. The molecule has 0 atom stereocenters. The third-order valence-electron chi connectivity index (χ3n) is 2.06. The topological polar surface area (TPSA) is 87.6 Å². The third kappa shape index (κ3) is 2.81. The number of rotatable bonds is 4. The molecule has 2 aromatic rings. The highest BCUT2D eigenvalue weighted by Crippen LogP contribution is 2.49. The first-order valence-corrected chi connectivity index (χ1v) is 8.96. The quantitative estimate of drug-likeness (QED) is 0.713. The highest BCUT2D eigenvalue weighted by Gasteiger charge is 2.28. The molecule has 1 N–H and O–H groups in total. The summed E-state index contributed by atoms with van der Waals surface area (Å²) in [5.74, 6) is -1.34. The molecule has 0 saturated carbocycles. The van der Waals surface area contributed by atoms with E-state index >= 15 is 0 Å². The van der Waals surface area contributed by atoms with Crippen LogP contribution in [0.15, 0.2) is 9.98 Å². The molecule has 0 aromatic carbocycles. The van der Waals surface area contributed by atoms with E-state index in [0.29, 0.717) is 0 Å². The lowest BCUT2D eigenvalue weighted by Gasteiger charge is -2.15. The van der Waals surface area contributed by atoms with Gasteiger partial charge in [0.1, 0.15) is 19.4 Å². The number of carboxylic acid groups (broad SMARTS) is 1. The Hall–Kier alpha value is -0.390. The van der Waals surface area contributed by atoms with Crippen molar-refractivity contribution in [3.05, 3.63) is 24.3 Å². The van der Waals surface area contributed by atoms with Gasteiger partial charge in [-0.05, 0) is 15.9 Å². The van der Waals surface area contributed by atoms with Gasteiger partial charge in [0.25, 0.3) is 0 Å². The van der Waals surface area contributed by atoms with Gasteiger partial charge >= 0.3 is 5.97 Å². The first-order chi connectivity index (χ1) is 9.34. The maximum atomic E-state index is 11.5. The molecule has 20 heavy (non-hydrogen) atoms. The normalized spacial score (nSPS) is 11.0. The van der Waals surface area contributed by atoms with Crippen LogP contribution in [0.5, 0.6) is 0 Å². The summed E-state index contributed by atoms with van der Waals surface area (Å²) in [7, 11) is -3.18. The summed E-state index contributed by atoms with van der Waals surface area (Å²) < 4.78 is 24.5. The molecule has 0 unspecified atom stereocenters. The van der Waals surface area contributed by atoms with Crippen molar-refractivity contribution in [2.45, 2.75) is 0 Å². The van der Waals surface area contributed by atoms with E-state index in [9.17, 15) is 13.2 Å². The van der Waals surface area contributed by atoms with Crippen LogP contribution >= 0.6 is 61.8 Å². The van der Waals surface area contributed by atoms with Crippen LogP contribution in [0.4, 0.5) is 10.7 Å². The summed E-state index contributed by atoms with van der Waals surface area (Å²) in [6.07, 6.45) is 0. The Morgan fingerprint density at radius 2 is 2.05 bits per heavy atom. The Balaban J connectivity index is 2.69. The van der Waals surface area contributed by atoms with Crippen molar-refractivity contribution >= 4 is 89.4 Å². The van der Waals surface area contributed by atoms with Crippen molar-refractivity contribution in [1.29, 1.82) is 0 Å². The van der Waals surface area contributed by atoms with E-state index in [0.717, 1.165) is 27.0 Å². The van der Waals surface area contributed by atoms with Gasteiger partial charge in [0.2, 0.25) is 10.9 Å². The molecule has 0 aliphatic rings.